The second-order valence-corrected chi connectivity index (χ2v) is 6.29. The van der Waals surface area contributed by atoms with Crippen molar-refractivity contribution in [2.24, 2.45) is 16.5 Å². The fraction of sp³-hybridized carbons (Fsp3) is 0.316. The highest BCUT2D eigenvalue weighted by Crippen LogP contribution is 2.19. The molecular formula is C19H24N6O3. The molecule has 3 rings (SSSR count). The molecule has 0 saturated carbocycles. The minimum atomic E-state index is -0.600. The maximum Gasteiger partial charge on any atom is 0.280 e. The monoisotopic (exact) mass is 384 g/mol. The SMILES string of the molecule is CCN(C(=O)c1cc(C(=O)N=C(N)N)cc(-n2cccc2)c1)N1CCOCC1. The van der Waals surface area contributed by atoms with E-state index in [0.717, 1.165) is 0 Å². The first-order valence-corrected chi connectivity index (χ1v) is 9.06. The molecule has 148 valence electrons. The molecule has 9 nitrogen and oxygen atoms in total. The maximum atomic E-state index is 13.2. The molecule has 1 aliphatic heterocycles. The molecule has 4 N–H and O–H groups in total. The number of benzene rings is 1. The van der Waals surface area contributed by atoms with E-state index in [9.17, 15) is 9.59 Å². The lowest BCUT2D eigenvalue weighted by Crippen LogP contribution is -2.51. The van der Waals surface area contributed by atoms with E-state index in [-0.39, 0.29) is 17.4 Å². The summed E-state index contributed by atoms with van der Waals surface area (Å²) in [5.74, 6) is -1.12. The van der Waals surface area contributed by atoms with Crippen molar-refractivity contribution in [1.82, 2.24) is 14.6 Å². The summed E-state index contributed by atoms with van der Waals surface area (Å²) in [4.78, 5) is 29.2. The number of nitrogens with two attached hydrogens (primary N) is 2. The number of hydrogen-bond donors (Lipinski definition) is 2. The largest absolute Gasteiger partial charge is 0.379 e. The van der Waals surface area contributed by atoms with Crippen LogP contribution >= 0.6 is 0 Å². The second kappa shape index (κ2) is 8.68. The Morgan fingerprint density at radius 2 is 1.75 bits per heavy atom. The molecule has 1 aliphatic rings. The van der Waals surface area contributed by atoms with Gasteiger partial charge in [-0.2, -0.15) is 4.99 Å². The van der Waals surface area contributed by atoms with Crippen LogP contribution in [0.5, 0.6) is 0 Å². The van der Waals surface area contributed by atoms with Crippen LogP contribution in [0.15, 0.2) is 47.7 Å². The molecule has 2 amide bonds. The Hall–Kier alpha value is -3.17. The zero-order valence-corrected chi connectivity index (χ0v) is 15.7. The number of hydrogen-bond acceptors (Lipinski definition) is 4. The summed E-state index contributed by atoms with van der Waals surface area (Å²) in [7, 11) is 0. The highest BCUT2D eigenvalue weighted by molar-refractivity contribution is 6.04. The van der Waals surface area contributed by atoms with Crippen LogP contribution in [0, 0.1) is 0 Å². The van der Waals surface area contributed by atoms with Gasteiger partial charge in [0.15, 0.2) is 5.96 Å². The Kier molecular flexibility index (Phi) is 6.07. The number of ether oxygens (including phenoxy) is 1. The molecule has 1 saturated heterocycles. The molecule has 2 aromatic rings. The Bertz CT molecular complexity index is 868. The lowest BCUT2D eigenvalue weighted by molar-refractivity contribution is -0.0675. The van der Waals surface area contributed by atoms with E-state index in [1.165, 1.54) is 6.07 Å². The zero-order valence-electron chi connectivity index (χ0n) is 15.7. The van der Waals surface area contributed by atoms with Gasteiger partial charge in [0.25, 0.3) is 11.8 Å². The smallest absolute Gasteiger partial charge is 0.280 e. The molecule has 1 aromatic carbocycles. The second-order valence-electron chi connectivity index (χ2n) is 6.29. The van der Waals surface area contributed by atoms with Crippen LogP contribution in [-0.4, -0.2) is 65.2 Å². The van der Waals surface area contributed by atoms with E-state index >= 15 is 0 Å². The summed E-state index contributed by atoms with van der Waals surface area (Å²) >= 11 is 0. The molecule has 0 spiro atoms. The number of nitrogens with zero attached hydrogens (tertiary/aromatic N) is 4. The lowest BCUT2D eigenvalue weighted by atomic mass is 10.1. The van der Waals surface area contributed by atoms with Crippen LogP contribution in [0.3, 0.4) is 0 Å². The number of rotatable bonds is 5. The van der Waals surface area contributed by atoms with E-state index in [4.69, 9.17) is 16.2 Å². The first kappa shape index (κ1) is 19.6. The first-order valence-electron chi connectivity index (χ1n) is 9.06. The van der Waals surface area contributed by atoms with Gasteiger partial charge in [-0.05, 0) is 37.3 Å². The Labute approximate surface area is 163 Å². The van der Waals surface area contributed by atoms with Gasteiger partial charge in [-0.3, -0.25) is 14.6 Å². The number of aromatic nitrogens is 1. The van der Waals surface area contributed by atoms with Crippen molar-refractivity contribution in [2.75, 3.05) is 32.8 Å². The number of aliphatic imine (C=N–C) groups is 1. The van der Waals surface area contributed by atoms with Gasteiger partial charge in [-0.25, -0.2) is 5.01 Å². The van der Waals surface area contributed by atoms with Crippen molar-refractivity contribution in [1.29, 1.82) is 0 Å². The van der Waals surface area contributed by atoms with Gasteiger partial charge in [0.1, 0.15) is 0 Å². The van der Waals surface area contributed by atoms with E-state index in [1.54, 1.807) is 17.1 Å². The van der Waals surface area contributed by atoms with Crippen molar-refractivity contribution >= 4 is 17.8 Å². The van der Waals surface area contributed by atoms with Gasteiger partial charge in [-0.15, -0.1) is 0 Å². The van der Waals surface area contributed by atoms with Gasteiger partial charge in [0.05, 0.1) is 13.2 Å². The third-order valence-electron chi connectivity index (χ3n) is 4.41. The van der Waals surface area contributed by atoms with Crippen LogP contribution < -0.4 is 11.5 Å². The summed E-state index contributed by atoms with van der Waals surface area (Å²) in [6.07, 6.45) is 3.66. The van der Waals surface area contributed by atoms with Crippen molar-refractivity contribution in [3.05, 3.63) is 53.9 Å². The summed E-state index contributed by atoms with van der Waals surface area (Å²) in [6, 6.07) is 8.64. The van der Waals surface area contributed by atoms with Crippen LogP contribution in [-0.2, 0) is 4.74 Å². The quantitative estimate of drug-likeness (QED) is 0.575. The van der Waals surface area contributed by atoms with Crippen molar-refractivity contribution < 1.29 is 14.3 Å². The van der Waals surface area contributed by atoms with Gasteiger partial charge >= 0.3 is 0 Å². The lowest BCUT2D eigenvalue weighted by Gasteiger charge is -2.36. The molecule has 1 aromatic heterocycles. The molecule has 0 aliphatic carbocycles. The number of carbonyl (C=O) groups is 2. The van der Waals surface area contributed by atoms with Gasteiger partial charge in [0.2, 0.25) is 0 Å². The standard InChI is InChI=1S/C19H24N6O3/c1-2-25(24-7-9-28-10-8-24)18(27)15-11-14(17(26)22-19(20)21)12-16(13-15)23-5-3-4-6-23/h3-6,11-13H,2,7-10H2,1H3,(H4,20,21,22,26). The normalized spacial score (nSPS) is 14.5. The van der Waals surface area contributed by atoms with Crippen LogP contribution in [0.1, 0.15) is 27.6 Å². The fourth-order valence-electron chi connectivity index (χ4n) is 3.11. The van der Waals surface area contributed by atoms with E-state index < -0.39 is 5.91 Å². The molecule has 0 atom stereocenters. The molecule has 0 unspecified atom stereocenters. The maximum absolute atomic E-state index is 13.2. The average molecular weight is 384 g/mol. The highest BCUT2D eigenvalue weighted by Gasteiger charge is 2.24. The molecule has 2 heterocycles. The van der Waals surface area contributed by atoms with E-state index in [1.807, 2.05) is 41.0 Å². The van der Waals surface area contributed by atoms with Crippen LogP contribution in [0.2, 0.25) is 0 Å². The molecular weight excluding hydrogens is 360 g/mol. The first-order chi connectivity index (χ1) is 13.5. The Morgan fingerprint density at radius 3 is 2.36 bits per heavy atom. The molecule has 0 radical (unpaired) electrons. The van der Waals surface area contributed by atoms with E-state index in [2.05, 4.69) is 4.99 Å². The number of amides is 2. The molecule has 1 fully saturated rings. The van der Waals surface area contributed by atoms with Crippen molar-refractivity contribution in [3.63, 3.8) is 0 Å². The minimum Gasteiger partial charge on any atom is -0.379 e. The number of carbonyl (C=O) groups excluding carboxylic acids is 2. The number of hydrazine groups is 1. The van der Waals surface area contributed by atoms with Crippen LogP contribution in [0.4, 0.5) is 0 Å². The predicted molar refractivity (Wildman–Crippen MR) is 105 cm³/mol. The topological polar surface area (TPSA) is 119 Å². The zero-order chi connectivity index (χ0) is 20.1. The van der Waals surface area contributed by atoms with Gasteiger partial charge in [-0.1, -0.05) is 0 Å². The summed E-state index contributed by atoms with van der Waals surface area (Å²) < 4.78 is 7.18. The molecule has 9 heteroatoms. The minimum absolute atomic E-state index is 0.197. The third-order valence-corrected chi connectivity index (χ3v) is 4.41. The molecule has 28 heavy (non-hydrogen) atoms. The van der Waals surface area contributed by atoms with Gasteiger partial charge in [0, 0.05) is 48.8 Å². The summed E-state index contributed by atoms with van der Waals surface area (Å²) in [5, 5.41) is 3.64. The third kappa shape index (κ3) is 4.38. The highest BCUT2D eigenvalue weighted by atomic mass is 16.5. The van der Waals surface area contributed by atoms with Crippen LogP contribution in [0.25, 0.3) is 5.69 Å². The fourth-order valence-corrected chi connectivity index (χ4v) is 3.11. The number of guanidine groups is 1. The average Bonchev–Trinajstić information content (AvgIpc) is 3.23. The summed E-state index contributed by atoms with van der Waals surface area (Å²) in [5.41, 5.74) is 12.0. The van der Waals surface area contributed by atoms with Crippen molar-refractivity contribution in [3.8, 4) is 5.69 Å². The van der Waals surface area contributed by atoms with E-state index in [0.29, 0.717) is 44.1 Å². The number of morpholine rings is 1. The Morgan fingerprint density at radius 1 is 1.11 bits per heavy atom. The van der Waals surface area contributed by atoms with Gasteiger partial charge < -0.3 is 20.8 Å². The molecule has 0 bridgehead atoms. The predicted octanol–water partition coefficient (Wildman–Crippen LogP) is 0.600. The Balaban J connectivity index is 2.00. The van der Waals surface area contributed by atoms with Crippen molar-refractivity contribution in [2.45, 2.75) is 6.92 Å². The summed E-state index contributed by atoms with van der Waals surface area (Å²) in [6.45, 7) is 4.83.